The average molecular weight is 1360 g/mol. The third-order valence-corrected chi connectivity index (χ3v) is 19.3. The molecule has 0 unspecified atom stereocenters. The van der Waals surface area contributed by atoms with Gasteiger partial charge in [0.25, 0.3) is 0 Å². The van der Waals surface area contributed by atoms with Gasteiger partial charge in [0.05, 0.1) is 0 Å². The van der Waals surface area contributed by atoms with Gasteiger partial charge in [-0.25, -0.2) is 0 Å². The minimum atomic E-state index is -2.74. The van der Waals surface area contributed by atoms with Gasteiger partial charge in [-0.2, -0.15) is 0 Å². The highest BCUT2D eigenvalue weighted by atomic mass is 16.6. The van der Waals surface area contributed by atoms with Crippen LogP contribution in [-0.4, -0.2) is 58.9 Å². The van der Waals surface area contributed by atoms with Crippen LogP contribution in [0.4, 0.5) is 0 Å². The summed E-state index contributed by atoms with van der Waals surface area (Å²) in [7, 11) is 0. The molecule has 0 aromatic heterocycles. The molecule has 15 rings (SSSR count). The van der Waals surface area contributed by atoms with Crippen molar-refractivity contribution in [2.24, 2.45) is 0 Å². The predicted octanol–water partition coefficient (Wildman–Crippen LogP) is 13.4. The molecule has 0 saturated carbocycles. The SMILES string of the molecule is O=C1C(=O)c2ccccc2/C1=C/C1=Cc2cc3c(cc2C1(C(=O)OCc1ccccc1)C(=O)OCc1ccccc1)-c1cc2c(cc1C3(C(=O)OCc1ccccc1)C(=O)OCc1ccccc1)C=C(/C=C1\C(=O)C(=O)c3ccccc31)C2(C(=O)OCc1ccccc1)C(=O)OCc1ccccc1. The van der Waals surface area contributed by atoms with E-state index in [1.807, 2.05) is 0 Å². The highest BCUT2D eigenvalue weighted by Gasteiger charge is 2.64. The molecule has 0 radical (unpaired) electrons. The Labute approximate surface area is 589 Å². The van der Waals surface area contributed by atoms with Crippen molar-refractivity contribution in [1.82, 2.24) is 0 Å². The number of carbonyl (C=O) groups is 10. The summed E-state index contributed by atoms with van der Waals surface area (Å²) in [6.45, 7) is -2.35. The zero-order chi connectivity index (χ0) is 71.0. The van der Waals surface area contributed by atoms with E-state index in [2.05, 4.69) is 0 Å². The summed E-state index contributed by atoms with van der Waals surface area (Å²) in [5.41, 5.74) is -5.91. The molecule has 10 aromatic carbocycles. The van der Waals surface area contributed by atoms with E-state index in [-0.39, 0.29) is 89.1 Å². The minimum Gasteiger partial charge on any atom is -0.459 e. The molecule has 0 N–H and O–H groups in total. The third-order valence-electron chi connectivity index (χ3n) is 19.3. The molecule has 0 amide bonds. The molecule has 16 heteroatoms. The fourth-order valence-electron chi connectivity index (χ4n) is 14.2. The second-order valence-electron chi connectivity index (χ2n) is 25.3. The van der Waals surface area contributed by atoms with Gasteiger partial charge < -0.3 is 28.4 Å². The molecule has 0 spiro atoms. The molecule has 5 aliphatic rings. The normalized spacial score (nSPS) is 15.7. The van der Waals surface area contributed by atoms with Crippen molar-refractivity contribution in [1.29, 1.82) is 0 Å². The number of Topliss-reactive ketones (excluding diaryl/α,β-unsaturated/α-hetero) is 4. The molecule has 103 heavy (non-hydrogen) atoms. The van der Waals surface area contributed by atoms with Crippen molar-refractivity contribution >= 4 is 82.2 Å². The van der Waals surface area contributed by atoms with Gasteiger partial charge in [0, 0.05) is 22.3 Å². The molecule has 0 heterocycles. The number of carbonyl (C=O) groups excluding carboxylic acids is 10. The number of ether oxygens (including phenoxy) is 6. The number of ketones is 4. The Morgan fingerprint density at radius 2 is 0.485 bits per heavy atom. The Hall–Kier alpha value is -13.3. The highest BCUT2D eigenvalue weighted by Crippen LogP contribution is 2.59. The van der Waals surface area contributed by atoms with Crippen LogP contribution in [0.2, 0.25) is 0 Å². The second kappa shape index (κ2) is 27.1. The van der Waals surface area contributed by atoms with Gasteiger partial charge in [-0.15, -0.1) is 0 Å². The van der Waals surface area contributed by atoms with Gasteiger partial charge in [-0.05, 0) is 149 Å². The Morgan fingerprint density at radius 3 is 0.748 bits per heavy atom. The summed E-state index contributed by atoms with van der Waals surface area (Å²) in [5.74, 6) is -10.7. The quantitative estimate of drug-likeness (QED) is 0.0227. The van der Waals surface area contributed by atoms with Crippen LogP contribution in [0.3, 0.4) is 0 Å². The van der Waals surface area contributed by atoms with Crippen molar-refractivity contribution in [2.75, 3.05) is 0 Å². The predicted molar refractivity (Wildman–Crippen MR) is 377 cm³/mol. The molecular formula is C87H58O16. The number of esters is 6. The Morgan fingerprint density at radius 1 is 0.252 bits per heavy atom. The van der Waals surface area contributed by atoms with E-state index in [0.717, 1.165) is 0 Å². The van der Waals surface area contributed by atoms with Crippen molar-refractivity contribution in [2.45, 2.75) is 55.9 Å². The summed E-state index contributed by atoms with van der Waals surface area (Å²) in [6.07, 6.45) is 5.42. The number of rotatable bonds is 20. The van der Waals surface area contributed by atoms with Crippen LogP contribution in [0.5, 0.6) is 0 Å². The summed E-state index contributed by atoms with van der Waals surface area (Å²) in [6, 6.07) is 70.3. The molecule has 10 aromatic rings. The molecule has 5 aliphatic carbocycles. The largest absolute Gasteiger partial charge is 0.459 e. The lowest BCUT2D eigenvalue weighted by atomic mass is 9.73. The minimum absolute atomic E-state index is 0.0219. The van der Waals surface area contributed by atoms with E-state index in [4.69, 9.17) is 28.4 Å². The molecular weight excluding hydrogens is 1300 g/mol. The number of hydrogen-bond acceptors (Lipinski definition) is 16. The van der Waals surface area contributed by atoms with E-state index < -0.39 is 115 Å². The lowest BCUT2D eigenvalue weighted by Crippen LogP contribution is -2.47. The summed E-state index contributed by atoms with van der Waals surface area (Å²) in [4.78, 5) is 154. The van der Waals surface area contributed by atoms with Crippen molar-refractivity contribution in [3.8, 4) is 11.1 Å². The maximum absolute atomic E-state index is 16.4. The lowest BCUT2D eigenvalue weighted by Gasteiger charge is -2.30. The van der Waals surface area contributed by atoms with Crippen LogP contribution >= 0.6 is 0 Å². The first kappa shape index (κ1) is 65.6. The van der Waals surface area contributed by atoms with Crippen LogP contribution in [0, 0.1) is 0 Å². The maximum Gasteiger partial charge on any atom is 0.333 e. The van der Waals surface area contributed by atoms with Crippen LogP contribution in [0.15, 0.2) is 278 Å². The summed E-state index contributed by atoms with van der Waals surface area (Å²) in [5, 5.41) is 0. The number of fused-ring (bicyclic) bond motifs is 7. The smallest absolute Gasteiger partial charge is 0.333 e. The van der Waals surface area contributed by atoms with Gasteiger partial charge in [0.1, 0.15) is 39.6 Å². The standard InChI is InChI=1S/C87H58O16/c88-75-65-37-21-19-35-63(65)69(77(75)90)43-61-39-59-41-73-67(45-71(59)85(61,79(92)98-47-53-23-7-1-8-24-53)80(93)99-48-54-25-9-2-10-26-54)68-46-72-60(42-74(68)87(73,83(96)102-51-57-31-15-5-16-32-57)84(97)103-52-58-33-17-6-18-34-58)40-62(44-70-64-36-20-22-38-66(64)76(89)78(70)91)86(72,81(94)100-49-55-27-11-3-12-28-55)82(95)101-50-56-29-13-4-14-30-56/h1-46H,47-52H2/b69-43-,70-44-. The van der Waals surface area contributed by atoms with E-state index in [1.54, 1.807) is 218 Å². The second-order valence-corrected chi connectivity index (χ2v) is 25.3. The van der Waals surface area contributed by atoms with Crippen LogP contribution in [0.1, 0.15) is 98.6 Å². The van der Waals surface area contributed by atoms with Crippen molar-refractivity contribution < 1.29 is 76.4 Å². The van der Waals surface area contributed by atoms with E-state index >= 15 is 28.8 Å². The topological polar surface area (TPSA) is 226 Å². The monoisotopic (exact) mass is 1360 g/mol. The summed E-state index contributed by atoms with van der Waals surface area (Å²) < 4.78 is 37.9. The fourth-order valence-corrected chi connectivity index (χ4v) is 14.2. The zero-order valence-corrected chi connectivity index (χ0v) is 54.8. The average Bonchev–Trinajstić information content (AvgIpc) is 1.51. The van der Waals surface area contributed by atoms with Crippen LogP contribution < -0.4 is 0 Å². The summed E-state index contributed by atoms with van der Waals surface area (Å²) >= 11 is 0. The third kappa shape index (κ3) is 11.3. The van der Waals surface area contributed by atoms with Crippen molar-refractivity contribution in [3.05, 3.63) is 367 Å². The first-order valence-corrected chi connectivity index (χ1v) is 33.1. The molecule has 0 aliphatic heterocycles. The molecule has 0 atom stereocenters. The molecule has 16 nitrogen and oxygen atoms in total. The fraction of sp³-hybridized carbons (Fsp3) is 0.103. The molecule has 0 fully saturated rings. The maximum atomic E-state index is 16.4. The Bertz CT molecular complexity index is 4900. The first-order valence-electron chi connectivity index (χ1n) is 33.1. The van der Waals surface area contributed by atoms with E-state index in [0.29, 0.717) is 33.4 Å². The van der Waals surface area contributed by atoms with E-state index in [9.17, 15) is 19.2 Å². The van der Waals surface area contributed by atoms with E-state index in [1.165, 1.54) is 60.7 Å². The van der Waals surface area contributed by atoms with Crippen molar-refractivity contribution in [3.63, 3.8) is 0 Å². The number of benzene rings is 10. The Balaban J connectivity index is 1.02. The molecule has 0 saturated heterocycles. The Kier molecular flexibility index (Phi) is 17.2. The molecule has 502 valence electrons. The lowest BCUT2D eigenvalue weighted by molar-refractivity contribution is -0.166. The van der Waals surface area contributed by atoms with Crippen LogP contribution in [-0.2, 0) is 123 Å². The van der Waals surface area contributed by atoms with Gasteiger partial charge in [0.15, 0.2) is 0 Å². The first-order chi connectivity index (χ1) is 50.2. The molecule has 0 bridgehead atoms. The van der Waals surface area contributed by atoms with Crippen LogP contribution in [0.25, 0.3) is 34.4 Å². The highest BCUT2D eigenvalue weighted by molar-refractivity contribution is 6.64. The van der Waals surface area contributed by atoms with Gasteiger partial charge >= 0.3 is 35.8 Å². The van der Waals surface area contributed by atoms with Gasteiger partial charge in [-0.3, -0.25) is 47.9 Å². The van der Waals surface area contributed by atoms with Gasteiger partial charge in [-0.1, -0.05) is 231 Å². The van der Waals surface area contributed by atoms with Gasteiger partial charge in [0.2, 0.25) is 39.4 Å². The number of hydrogen-bond donors (Lipinski definition) is 0. The number of allylic oxidation sites excluding steroid dienone is 4. The zero-order valence-electron chi connectivity index (χ0n) is 54.8.